The van der Waals surface area contributed by atoms with Crippen LogP contribution < -0.4 is 10.2 Å². The molecule has 0 aliphatic carbocycles. The molecule has 1 aromatic heterocycles. The van der Waals surface area contributed by atoms with Crippen LogP contribution in [0.5, 0.6) is 11.5 Å². The predicted molar refractivity (Wildman–Crippen MR) is 126 cm³/mol. The highest BCUT2D eigenvalue weighted by Crippen LogP contribution is 2.29. The van der Waals surface area contributed by atoms with Crippen molar-refractivity contribution in [2.75, 3.05) is 25.6 Å². The molecule has 3 aromatic rings. The Hall–Kier alpha value is -2.95. The Labute approximate surface area is 191 Å². The lowest BCUT2D eigenvalue weighted by molar-refractivity contribution is 0.346. The summed E-state index contributed by atoms with van der Waals surface area (Å²) < 4.78 is 32.6. The van der Waals surface area contributed by atoms with Crippen LogP contribution in [0.25, 0.3) is 11.3 Å². The second-order valence-corrected chi connectivity index (χ2v) is 10.1. The number of thiazole rings is 1. The number of hydrazone groups is 1. The van der Waals surface area contributed by atoms with Crippen molar-refractivity contribution in [1.29, 1.82) is 0 Å². The van der Waals surface area contributed by atoms with Gasteiger partial charge in [0.25, 0.3) is 0 Å². The third-order valence-electron chi connectivity index (χ3n) is 5.16. The first-order chi connectivity index (χ1) is 15.5. The van der Waals surface area contributed by atoms with Gasteiger partial charge in [0, 0.05) is 24.0 Å². The molecule has 1 saturated heterocycles. The van der Waals surface area contributed by atoms with E-state index < -0.39 is 10.0 Å². The van der Waals surface area contributed by atoms with Crippen molar-refractivity contribution in [3.8, 4) is 22.8 Å². The van der Waals surface area contributed by atoms with Gasteiger partial charge in [-0.25, -0.2) is 13.4 Å². The molecular weight excluding hydrogens is 448 g/mol. The van der Waals surface area contributed by atoms with Crippen molar-refractivity contribution in [2.24, 2.45) is 5.10 Å². The van der Waals surface area contributed by atoms with Gasteiger partial charge in [-0.2, -0.15) is 9.41 Å². The number of methoxy groups -OCH3 is 1. The summed E-state index contributed by atoms with van der Waals surface area (Å²) in [6.45, 7) is 1.14. The van der Waals surface area contributed by atoms with Crippen LogP contribution in [0, 0.1) is 0 Å². The predicted octanol–water partition coefficient (Wildman–Crippen LogP) is 4.14. The zero-order valence-corrected chi connectivity index (χ0v) is 19.2. The van der Waals surface area contributed by atoms with E-state index >= 15 is 0 Å². The highest BCUT2D eigenvalue weighted by Gasteiger charge is 2.26. The average molecular weight is 473 g/mol. The van der Waals surface area contributed by atoms with Gasteiger partial charge in [0.05, 0.1) is 23.9 Å². The number of nitrogens with one attached hydrogen (secondary N) is 1. The number of ether oxygens (including phenoxy) is 1. The molecule has 168 valence electrons. The van der Waals surface area contributed by atoms with E-state index in [1.165, 1.54) is 24.5 Å². The Balaban J connectivity index is 1.47. The third kappa shape index (κ3) is 4.93. The van der Waals surface area contributed by atoms with E-state index in [9.17, 15) is 13.5 Å². The van der Waals surface area contributed by atoms with Crippen LogP contribution in [0.2, 0.25) is 0 Å². The largest absolute Gasteiger partial charge is 0.504 e. The number of benzene rings is 2. The van der Waals surface area contributed by atoms with Crippen molar-refractivity contribution < 1.29 is 18.3 Å². The fourth-order valence-electron chi connectivity index (χ4n) is 3.46. The van der Waals surface area contributed by atoms with E-state index in [0.29, 0.717) is 34.6 Å². The number of hydrogen-bond acceptors (Lipinski definition) is 8. The molecule has 8 nitrogen and oxygen atoms in total. The molecule has 1 fully saturated rings. The Morgan fingerprint density at radius 2 is 2.00 bits per heavy atom. The molecule has 2 N–H and O–H groups in total. The zero-order valence-electron chi connectivity index (χ0n) is 17.6. The van der Waals surface area contributed by atoms with E-state index in [1.807, 2.05) is 11.4 Å². The van der Waals surface area contributed by atoms with E-state index in [4.69, 9.17) is 4.74 Å². The molecule has 1 aliphatic rings. The van der Waals surface area contributed by atoms with Crippen LogP contribution >= 0.6 is 11.3 Å². The molecule has 0 atom stereocenters. The lowest BCUT2D eigenvalue weighted by atomic mass is 10.2. The fourth-order valence-corrected chi connectivity index (χ4v) is 5.70. The second kappa shape index (κ2) is 9.68. The molecule has 0 unspecified atom stereocenters. The van der Waals surface area contributed by atoms with Gasteiger partial charge < -0.3 is 9.84 Å². The normalized spacial score (nSPS) is 15.2. The summed E-state index contributed by atoms with van der Waals surface area (Å²) in [6, 6.07) is 11.8. The van der Waals surface area contributed by atoms with E-state index in [0.717, 1.165) is 30.4 Å². The molecule has 1 aliphatic heterocycles. The van der Waals surface area contributed by atoms with Crippen molar-refractivity contribution in [2.45, 2.75) is 24.2 Å². The topological polar surface area (TPSA) is 104 Å². The molecule has 0 bridgehead atoms. The number of sulfonamides is 1. The molecule has 10 heteroatoms. The van der Waals surface area contributed by atoms with Crippen molar-refractivity contribution in [1.82, 2.24) is 9.29 Å². The molecule has 2 aromatic carbocycles. The minimum absolute atomic E-state index is 0.0618. The molecule has 2 heterocycles. The first-order valence-corrected chi connectivity index (χ1v) is 12.5. The van der Waals surface area contributed by atoms with Gasteiger partial charge in [0.1, 0.15) is 0 Å². The Kier molecular flexibility index (Phi) is 6.73. The number of rotatable bonds is 7. The van der Waals surface area contributed by atoms with Gasteiger partial charge in [-0.05, 0) is 48.7 Å². The first kappa shape index (κ1) is 22.3. The maximum absolute atomic E-state index is 13.0. The molecule has 0 saturated carbocycles. The molecule has 4 rings (SSSR count). The maximum atomic E-state index is 13.0. The van der Waals surface area contributed by atoms with Crippen LogP contribution in [-0.4, -0.2) is 49.2 Å². The van der Waals surface area contributed by atoms with E-state index in [-0.39, 0.29) is 5.75 Å². The van der Waals surface area contributed by atoms with Crippen molar-refractivity contribution >= 4 is 32.7 Å². The average Bonchev–Trinajstić information content (AvgIpc) is 3.30. The lowest BCUT2D eigenvalue weighted by Crippen LogP contribution is -2.35. The summed E-state index contributed by atoms with van der Waals surface area (Å²) in [6.07, 6.45) is 4.47. The van der Waals surface area contributed by atoms with Crippen LogP contribution in [-0.2, 0) is 10.0 Å². The van der Waals surface area contributed by atoms with E-state index in [2.05, 4.69) is 15.5 Å². The summed E-state index contributed by atoms with van der Waals surface area (Å²) in [5.41, 5.74) is 5.04. The minimum Gasteiger partial charge on any atom is -0.504 e. The summed E-state index contributed by atoms with van der Waals surface area (Å²) >= 11 is 1.37. The smallest absolute Gasteiger partial charge is 0.243 e. The quantitative estimate of drug-likeness (QED) is 0.396. The number of aromatic nitrogens is 1. The summed E-state index contributed by atoms with van der Waals surface area (Å²) in [5, 5.41) is 16.3. The minimum atomic E-state index is -3.50. The number of phenolic OH excluding ortho intramolecular Hbond substituents is 1. The van der Waals surface area contributed by atoms with Gasteiger partial charge in [-0.15, -0.1) is 11.3 Å². The molecule has 0 radical (unpaired) electrons. The number of anilines is 1. The Bertz CT molecular complexity index is 1220. The third-order valence-corrected chi connectivity index (χ3v) is 7.81. The molecule has 0 spiro atoms. The number of hydrogen-bond donors (Lipinski definition) is 2. The van der Waals surface area contributed by atoms with Crippen molar-refractivity contribution in [3.05, 3.63) is 53.4 Å². The molecule has 0 amide bonds. The zero-order chi connectivity index (χ0) is 22.6. The standard InChI is InChI=1S/C22H24N4O4S2/c1-30-21-12-16(8-9-20(21)27)14-23-25-22-24-19(15-31-22)17-6-5-7-18(13-17)32(28,29)26-10-3-2-4-11-26/h5-9,12-15,27H,2-4,10-11H2,1H3,(H,24,25). The highest BCUT2D eigenvalue weighted by molar-refractivity contribution is 7.89. The van der Waals surface area contributed by atoms with Crippen molar-refractivity contribution in [3.63, 3.8) is 0 Å². The van der Waals surface area contributed by atoms with Gasteiger partial charge in [-0.3, -0.25) is 5.43 Å². The number of nitrogens with zero attached hydrogens (tertiary/aromatic N) is 3. The Morgan fingerprint density at radius 3 is 2.78 bits per heavy atom. The maximum Gasteiger partial charge on any atom is 0.243 e. The first-order valence-electron chi connectivity index (χ1n) is 10.2. The second-order valence-electron chi connectivity index (χ2n) is 7.33. The van der Waals surface area contributed by atoms with Gasteiger partial charge in [0.15, 0.2) is 11.5 Å². The van der Waals surface area contributed by atoms with Crippen LogP contribution in [0.15, 0.2) is 57.8 Å². The van der Waals surface area contributed by atoms with Gasteiger partial charge in [-0.1, -0.05) is 18.6 Å². The van der Waals surface area contributed by atoms with E-state index in [1.54, 1.807) is 40.9 Å². The SMILES string of the molecule is COc1cc(C=NNc2nc(-c3cccc(S(=O)(=O)N4CCCCC4)c3)cs2)ccc1O. The Morgan fingerprint density at radius 1 is 1.19 bits per heavy atom. The lowest BCUT2D eigenvalue weighted by Gasteiger charge is -2.26. The highest BCUT2D eigenvalue weighted by atomic mass is 32.2. The number of phenols is 1. The van der Waals surface area contributed by atoms with Crippen LogP contribution in [0.1, 0.15) is 24.8 Å². The van der Waals surface area contributed by atoms with Gasteiger partial charge >= 0.3 is 0 Å². The summed E-state index contributed by atoms with van der Waals surface area (Å²) in [7, 11) is -2.01. The van der Waals surface area contributed by atoms with Crippen LogP contribution in [0.4, 0.5) is 5.13 Å². The summed E-state index contributed by atoms with van der Waals surface area (Å²) in [4.78, 5) is 4.81. The fraction of sp³-hybridized carbons (Fsp3) is 0.273. The molecule has 32 heavy (non-hydrogen) atoms. The summed E-state index contributed by atoms with van der Waals surface area (Å²) in [5.74, 6) is 0.427. The number of piperidine rings is 1. The van der Waals surface area contributed by atoms with Crippen LogP contribution in [0.3, 0.4) is 0 Å². The monoisotopic (exact) mass is 472 g/mol. The number of aromatic hydroxyl groups is 1. The molecular formula is C22H24N4O4S2. The van der Waals surface area contributed by atoms with Gasteiger partial charge in [0.2, 0.25) is 15.2 Å².